The van der Waals surface area contributed by atoms with Gasteiger partial charge >= 0.3 is 0 Å². The summed E-state index contributed by atoms with van der Waals surface area (Å²) in [6.45, 7) is 0. The average Bonchev–Trinajstić information content (AvgIpc) is 3.78. The maximum absolute atomic E-state index is 6.93. The summed E-state index contributed by atoms with van der Waals surface area (Å²) in [5, 5.41) is 5.41. The molecule has 0 radical (unpaired) electrons. The van der Waals surface area contributed by atoms with Gasteiger partial charge < -0.3 is 13.4 Å². The summed E-state index contributed by atoms with van der Waals surface area (Å²) in [4.78, 5) is 10.3. The van der Waals surface area contributed by atoms with Gasteiger partial charge in [0.15, 0.2) is 17.0 Å². The van der Waals surface area contributed by atoms with Crippen molar-refractivity contribution in [3.8, 4) is 28.3 Å². The second kappa shape index (κ2) is 9.15. The molecule has 45 heavy (non-hydrogen) atoms. The standard InChI is InChI=1S/C40H23N3O2/c1-3-11-24(12-4-1)40-41-35(25-19-20-29-28-16-8-10-18-33(28)44-34(29)23-25)39-36(42-40)31-22-21-30-27-15-7-9-17-32(27)43(37(30)38(31)45-39)26-13-5-2-6-14-26/h1-23H. The zero-order valence-electron chi connectivity index (χ0n) is 23.9. The molecule has 0 bridgehead atoms. The topological polar surface area (TPSA) is 57.0 Å². The lowest BCUT2D eigenvalue weighted by molar-refractivity contribution is 0.667. The largest absolute Gasteiger partial charge is 0.456 e. The number of benzene rings is 6. The van der Waals surface area contributed by atoms with Gasteiger partial charge in [-0.3, -0.25) is 0 Å². The summed E-state index contributed by atoms with van der Waals surface area (Å²) < 4.78 is 15.5. The number of para-hydroxylation sites is 3. The molecule has 0 unspecified atom stereocenters. The van der Waals surface area contributed by atoms with Gasteiger partial charge in [-0.05, 0) is 42.5 Å². The molecule has 210 valence electrons. The van der Waals surface area contributed by atoms with E-state index in [4.69, 9.17) is 18.8 Å². The van der Waals surface area contributed by atoms with E-state index in [0.29, 0.717) is 11.4 Å². The van der Waals surface area contributed by atoms with Crippen LogP contribution < -0.4 is 0 Å². The van der Waals surface area contributed by atoms with Gasteiger partial charge in [-0.15, -0.1) is 0 Å². The maximum atomic E-state index is 6.93. The normalized spacial score (nSPS) is 12.0. The number of hydrogen-bond acceptors (Lipinski definition) is 4. The molecule has 0 spiro atoms. The van der Waals surface area contributed by atoms with Crippen molar-refractivity contribution >= 4 is 65.8 Å². The maximum Gasteiger partial charge on any atom is 0.180 e. The van der Waals surface area contributed by atoms with Crippen LogP contribution in [0.4, 0.5) is 0 Å². The van der Waals surface area contributed by atoms with Crippen molar-refractivity contribution in [2.24, 2.45) is 0 Å². The Labute approximate surface area is 256 Å². The molecular weight excluding hydrogens is 554 g/mol. The van der Waals surface area contributed by atoms with Gasteiger partial charge in [-0.25, -0.2) is 9.97 Å². The Hall–Kier alpha value is -6.20. The number of hydrogen-bond donors (Lipinski definition) is 0. The Bertz CT molecular complexity index is 2750. The van der Waals surface area contributed by atoms with E-state index in [1.807, 2.05) is 54.6 Å². The Morgan fingerprint density at radius 1 is 0.467 bits per heavy atom. The molecule has 0 fully saturated rings. The van der Waals surface area contributed by atoms with Crippen molar-refractivity contribution in [2.45, 2.75) is 0 Å². The fourth-order valence-corrected chi connectivity index (χ4v) is 6.78. The summed E-state index contributed by atoms with van der Waals surface area (Å²) in [5.74, 6) is 0.647. The lowest BCUT2D eigenvalue weighted by Crippen LogP contribution is -1.93. The number of nitrogens with zero attached hydrogens (tertiary/aromatic N) is 3. The van der Waals surface area contributed by atoms with Gasteiger partial charge in [0.05, 0.1) is 11.0 Å². The van der Waals surface area contributed by atoms with Crippen molar-refractivity contribution in [1.29, 1.82) is 0 Å². The third-order valence-corrected chi connectivity index (χ3v) is 8.81. The Morgan fingerprint density at radius 2 is 1.16 bits per heavy atom. The first-order valence-corrected chi connectivity index (χ1v) is 15.0. The molecule has 0 amide bonds. The fourth-order valence-electron chi connectivity index (χ4n) is 6.78. The minimum atomic E-state index is 0.647. The molecule has 0 aliphatic carbocycles. The highest BCUT2D eigenvalue weighted by Gasteiger charge is 2.23. The number of aromatic nitrogens is 3. The van der Waals surface area contributed by atoms with Crippen LogP contribution in [0.25, 0.3) is 94.1 Å². The summed E-state index contributed by atoms with van der Waals surface area (Å²) >= 11 is 0. The smallest absolute Gasteiger partial charge is 0.180 e. The van der Waals surface area contributed by atoms with Crippen LogP contribution in [-0.4, -0.2) is 14.5 Å². The van der Waals surface area contributed by atoms with Gasteiger partial charge in [0.25, 0.3) is 0 Å². The van der Waals surface area contributed by atoms with Gasteiger partial charge in [0, 0.05) is 43.7 Å². The third kappa shape index (κ3) is 3.49. The first kappa shape index (κ1) is 24.3. The van der Waals surface area contributed by atoms with E-state index in [9.17, 15) is 0 Å². The molecule has 10 rings (SSSR count). The lowest BCUT2D eigenvalue weighted by atomic mass is 10.1. The third-order valence-electron chi connectivity index (χ3n) is 8.81. The molecule has 4 aromatic heterocycles. The van der Waals surface area contributed by atoms with E-state index >= 15 is 0 Å². The van der Waals surface area contributed by atoms with E-state index in [1.165, 1.54) is 5.39 Å². The zero-order chi connectivity index (χ0) is 29.5. The fraction of sp³-hybridized carbons (Fsp3) is 0. The predicted octanol–water partition coefficient (Wildman–Crippen LogP) is 10.7. The Balaban J connectivity index is 1.34. The highest BCUT2D eigenvalue weighted by molar-refractivity contribution is 6.22. The average molecular weight is 578 g/mol. The van der Waals surface area contributed by atoms with E-state index in [1.54, 1.807) is 0 Å². The highest BCUT2D eigenvalue weighted by Crippen LogP contribution is 2.43. The highest BCUT2D eigenvalue weighted by atomic mass is 16.3. The SMILES string of the molecule is c1ccc(-c2nc(-c3ccc4c(c3)oc3ccccc34)c3oc4c(ccc5c6ccccc6n(-c6ccccc6)c54)c3n2)cc1. The summed E-state index contributed by atoms with van der Waals surface area (Å²) in [7, 11) is 0. The summed E-state index contributed by atoms with van der Waals surface area (Å²) in [6, 6.07) is 47.8. The molecule has 5 heteroatoms. The van der Waals surface area contributed by atoms with Gasteiger partial charge in [-0.1, -0.05) is 97.1 Å². The predicted molar refractivity (Wildman–Crippen MR) is 182 cm³/mol. The lowest BCUT2D eigenvalue weighted by Gasteiger charge is -2.07. The van der Waals surface area contributed by atoms with Crippen LogP contribution in [-0.2, 0) is 0 Å². The first-order chi connectivity index (χ1) is 22.3. The molecule has 0 saturated heterocycles. The molecular formula is C40H23N3O2. The van der Waals surface area contributed by atoms with E-state index in [2.05, 4.69) is 89.5 Å². The van der Waals surface area contributed by atoms with Crippen molar-refractivity contribution in [1.82, 2.24) is 14.5 Å². The molecule has 4 heterocycles. The molecule has 10 aromatic rings. The minimum Gasteiger partial charge on any atom is -0.456 e. The van der Waals surface area contributed by atoms with Gasteiger partial charge in [-0.2, -0.15) is 0 Å². The van der Waals surface area contributed by atoms with Crippen LogP contribution in [0.2, 0.25) is 0 Å². The van der Waals surface area contributed by atoms with Crippen LogP contribution in [0.1, 0.15) is 0 Å². The Morgan fingerprint density at radius 3 is 2.02 bits per heavy atom. The van der Waals surface area contributed by atoms with E-state index in [-0.39, 0.29) is 0 Å². The molecule has 0 N–H and O–H groups in total. The molecule has 5 nitrogen and oxygen atoms in total. The number of fused-ring (bicyclic) bond motifs is 10. The van der Waals surface area contributed by atoms with Crippen molar-refractivity contribution in [3.05, 3.63) is 140 Å². The summed E-state index contributed by atoms with van der Waals surface area (Å²) in [5.41, 5.74) is 9.68. The number of furan rings is 2. The Kier molecular flexibility index (Phi) is 4.93. The monoisotopic (exact) mass is 577 g/mol. The van der Waals surface area contributed by atoms with Gasteiger partial charge in [0.1, 0.15) is 22.4 Å². The summed E-state index contributed by atoms with van der Waals surface area (Å²) in [6.07, 6.45) is 0. The quantitative estimate of drug-likeness (QED) is 0.210. The minimum absolute atomic E-state index is 0.647. The first-order valence-electron chi connectivity index (χ1n) is 15.0. The van der Waals surface area contributed by atoms with Crippen molar-refractivity contribution in [2.75, 3.05) is 0 Å². The van der Waals surface area contributed by atoms with Crippen LogP contribution in [0, 0.1) is 0 Å². The molecule has 0 atom stereocenters. The molecule has 0 aliphatic heterocycles. The van der Waals surface area contributed by atoms with Gasteiger partial charge in [0.2, 0.25) is 0 Å². The zero-order valence-corrected chi connectivity index (χ0v) is 23.9. The molecule has 6 aromatic carbocycles. The second-order valence-corrected chi connectivity index (χ2v) is 11.4. The van der Waals surface area contributed by atoms with Crippen LogP contribution in [0.5, 0.6) is 0 Å². The van der Waals surface area contributed by atoms with Crippen LogP contribution in [0.3, 0.4) is 0 Å². The van der Waals surface area contributed by atoms with Crippen LogP contribution in [0.15, 0.2) is 148 Å². The molecule has 0 aliphatic rings. The molecule has 0 saturated carbocycles. The second-order valence-electron chi connectivity index (χ2n) is 11.4. The van der Waals surface area contributed by atoms with Crippen LogP contribution >= 0.6 is 0 Å². The van der Waals surface area contributed by atoms with E-state index < -0.39 is 0 Å². The number of rotatable bonds is 3. The van der Waals surface area contributed by atoms with Crippen molar-refractivity contribution in [3.63, 3.8) is 0 Å². The van der Waals surface area contributed by atoms with E-state index in [0.717, 1.165) is 77.4 Å². The van der Waals surface area contributed by atoms with Crippen molar-refractivity contribution < 1.29 is 8.83 Å².